The third kappa shape index (κ3) is 15.5. The van der Waals surface area contributed by atoms with Crippen molar-refractivity contribution >= 4 is 5.97 Å². The van der Waals surface area contributed by atoms with Gasteiger partial charge in [-0.1, -0.05) is 70.4 Å². The average molecular weight is 314 g/mol. The number of allylic oxidation sites excluding steroid dienone is 1. The lowest BCUT2D eigenvalue weighted by atomic mass is 10.1. The first-order valence-corrected chi connectivity index (χ1v) is 8.89. The number of carboxylic acid groups (broad SMARTS) is 1. The van der Waals surface area contributed by atoms with E-state index in [4.69, 9.17) is 10.4 Å². The summed E-state index contributed by atoms with van der Waals surface area (Å²) in [6.07, 6.45) is 17.2. The molecule has 0 heterocycles. The third-order valence-electron chi connectivity index (χ3n) is 3.84. The van der Waals surface area contributed by atoms with Gasteiger partial charge in [-0.2, -0.15) is 0 Å². The second-order valence-corrected chi connectivity index (χ2v) is 5.98. The van der Waals surface area contributed by atoms with E-state index in [2.05, 4.69) is 17.9 Å². The fourth-order valence-corrected chi connectivity index (χ4v) is 2.45. The van der Waals surface area contributed by atoms with Crippen molar-refractivity contribution in [1.29, 1.82) is 0 Å². The van der Waals surface area contributed by atoms with Gasteiger partial charge in [0.2, 0.25) is 0 Å². The van der Waals surface area contributed by atoms with E-state index in [0.29, 0.717) is 0 Å². The Labute approximate surface area is 135 Å². The van der Waals surface area contributed by atoms with Crippen LogP contribution in [0.2, 0.25) is 0 Å². The summed E-state index contributed by atoms with van der Waals surface area (Å²) in [6, 6.07) is 0. The van der Waals surface area contributed by atoms with Gasteiger partial charge in [-0.25, -0.2) is 4.89 Å². The molecule has 0 radical (unpaired) electrons. The van der Waals surface area contributed by atoms with Gasteiger partial charge in [0.1, 0.15) is 6.10 Å². The number of unbranched alkanes of at least 4 members (excludes halogenated alkanes) is 9. The highest BCUT2D eigenvalue weighted by Crippen LogP contribution is 2.12. The molecule has 0 aliphatic heterocycles. The first kappa shape index (κ1) is 21.1. The molecule has 4 heteroatoms. The summed E-state index contributed by atoms with van der Waals surface area (Å²) in [5, 5.41) is 17.4. The van der Waals surface area contributed by atoms with Crippen LogP contribution in [0.1, 0.15) is 90.4 Å². The maximum absolute atomic E-state index is 10.4. The Morgan fingerprint density at radius 1 is 1.00 bits per heavy atom. The molecule has 0 saturated carbocycles. The van der Waals surface area contributed by atoms with Crippen LogP contribution in [0.3, 0.4) is 0 Å². The molecule has 0 amide bonds. The van der Waals surface area contributed by atoms with Crippen molar-refractivity contribution in [2.24, 2.45) is 0 Å². The van der Waals surface area contributed by atoms with Crippen molar-refractivity contribution in [3.05, 3.63) is 12.2 Å². The van der Waals surface area contributed by atoms with Crippen LogP contribution < -0.4 is 0 Å². The maximum Gasteiger partial charge on any atom is 0.303 e. The quantitative estimate of drug-likeness (QED) is 0.169. The number of aliphatic carboxylic acids is 1. The number of carboxylic acids is 1. The minimum atomic E-state index is -0.711. The predicted molar refractivity (Wildman–Crippen MR) is 90.0 cm³/mol. The second kappa shape index (κ2) is 16.5. The first-order chi connectivity index (χ1) is 10.7. The van der Waals surface area contributed by atoms with Gasteiger partial charge in [-0.15, -0.1) is 0 Å². The lowest BCUT2D eigenvalue weighted by Gasteiger charge is -2.08. The molecule has 0 aliphatic carbocycles. The van der Waals surface area contributed by atoms with Gasteiger partial charge in [0.25, 0.3) is 0 Å². The van der Waals surface area contributed by atoms with Crippen molar-refractivity contribution in [2.75, 3.05) is 0 Å². The van der Waals surface area contributed by atoms with Crippen molar-refractivity contribution in [1.82, 2.24) is 0 Å². The molecule has 0 aromatic rings. The van der Waals surface area contributed by atoms with Crippen LogP contribution in [0.4, 0.5) is 0 Å². The number of hydrogen-bond acceptors (Lipinski definition) is 3. The highest BCUT2D eigenvalue weighted by molar-refractivity contribution is 5.66. The molecule has 0 aromatic heterocycles. The first-order valence-electron chi connectivity index (χ1n) is 8.89. The van der Waals surface area contributed by atoms with Gasteiger partial charge in [0.05, 0.1) is 0 Å². The van der Waals surface area contributed by atoms with Gasteiger partial charge < -0.3 is 5.11 Å². The standard InChI is InChI=1S/C18H34O4/c1-2-3-4-5-8-11-14-17(22-21)15-12-9-6-7-10-13-16-18(19)20/h12,15,17,21H,2-11,13-14,16H2,1H3,(H,19,20)/b15-12+/t17-/m1/s1. The summed E-state index contributed by atoms with van der Waals surface area (Å²) in [5.74, 6) is -0.711. The summed E-state index contributed by atoms with van der Waals surface area (Å²) in [6.45, 7) is 2.21. The van der Waals surface area contributed by atoms with Gasteiger partial charge >= 0.3 is 5.97 Å². The summed E-state index contributed by atoms with van der Waals surface area (Å²) in [5.41, 5.74) is 0. The molecule has 0 spiro atoms. The van der Waals surface area contributed by atoms with E-state index in [1.54, 1.807) is 0 Å². The van der Waals surface area contributed by atoms with Crippen LogP contribution in [0.15, 0.2) is 12.2 Å². The van der Waals surface area contributed by atoms with E-state index in [1.165, 1.54) is 32.1 Å². The van der Waals surface area contributed by atoms with Crippen LogP contribution in [-0.2, 0) is 9.68 Å². The van der Waals surface area contributed by atoms with Crippen molar-refractivity contribution in [3.63, 3.8) is 0 Å². The molecule has 0 bridgehead atoms. The van der Waals surface area contributed by atoms with Crippen molar-refractivity contribution < 1.29 is 20.0 Å². The van der Waals surface area contributed by atoms with E-state index < -0.39 is 5.97 Å². The van der Waals surface area contributed by atoms with Crippen molar-refractivity contribution in [3.8, 4) is 0 Å². The van der Waals surface area contributed by atoms with Crippen molar-refractivity contribution in [2.45, 2.75) is 96.5 Å². The molecule has 1 atom stereocenters. The molecule has 0 rings (SSSR count). The van der Waals surface area contributed by atoms with Gasteiger partial charge in [0.15, 0.2) is 0 Å². The zero-order valence-corrected chi connectivity index (χ0v) is 14.1. The van der Waals surface area contributed by atoms with Gasteiger partial charge in [0, 0.05) is 6.42 Å². The highest BCUT2D eigenvalue weighted by atomic mass is 17.1. The monoisotopic (exact) mass is 314 g/mol. The van der Waals surface area contributed by atoms with E-state index in [1.807, 2.05) is 6.08 Å². The predicted octanol–water partition coefficient (Wildman–Crippen LogP) is 5.58. The smallest absolute Gasteiger partial charge is 0.303 e. The summed E-state index contributed by atoms with van der Waals surface area (Å²) in [7, 11) is 0. The van der Waals surface area contributed by atoms with E-state index in [0.717, 1.165) is 44.9 Å². The van der Waals surface area contributed by atoms with Crippen LogP contribution in [0, 0.1) is 0 Å². The topological polar surface area (TPSA) is 66.8 Å². The summed E-state index contributed by atoms with van der Waals surface area (Å²) >= 11 is 0. The average Bonchev–Trinajstić information content (AvgIpc) is 2.50. The Kier molecular flexibility index (Phi) is 15.8. The molecular formula is C18H34O4. The normalized spacial score (nSPS) is 12.8. The molecule has 0 fully saturated rings. The van der Waals surface area contributed by atoms with Gasteiger partial charge in [-0.3, -0.25) is 10.1 Å². The molecule has 0 aliphatic rings. The van der Waals surface area contributed by atoms with E-state index in [9.17, 15) is 4.79 Å². The number of rotatable bonds is 16. The third-order valence-corrected chi connectivity index (χ3v) is 3.84. The van der Waals surface area contributed by atoms with Crippen LogP contribution in [0.5, 0.6) is 0 Å². The van der Waals surface area contributed by atoms with E-state index in [-0.39, 0.29) is 12.5 Å². The SMILES string of the molecule is CCCCCCCC[C@H](/C=C/CCCCCCC(=O)O)OO. The molecule has 0 unspecified atom stereocenters. The Hall–Kier alpha value is -0.870. The molecule has 0 saturated heterocycles. The fraction of sp³-hybridized carbons (Fsp3) is 0.833. The minimum absolute atomic E-state index is 0.182. The minimum Gasteiger partial charge on any atom is -0.481 e. The van der Waals surface area contributed by atoms with Crippen LogP contribution in [-0.4, -0.2) is 22.4 Å². The fourth-order valence-electron chi connectivity index (χ4n) is 2.45. The maximum atomic E-state index is 10.4. The highest BCUT2D eigenvalue weighted by Gasteiger charge is 2.03. The number of hydrogen-bond donors (Lipinski definition) is 2. The lowest BCUT2D eigenvalue weighted by Crippen LogP contribution is -2.06. The second-order valence-electron chi connectivity index (χ2n) is 5.98. The van der Waals surface area contributed by atoms with Crippen LogP contribution >= 0.6 is 0 Å². The zero-order chi connectivity index (χ0) is 16.5. The molecular weight excluding hydrogens is 280 g/mol. The van der Waals surface area contributed by atoms with Crippen LogP contribution in [0.25, 0.3) is 0 Å². The largest absolute Gasteiger partial charge is 0.481 e. The number of carbonyl (C=O) groups is 1. The Morgan fingerprint density at radius 2 is 1.64 bits per heavy atom. The molecule has 2 N–H and O–H groups in total. The molecule has 0 aromatic carbocycles. The summed E-state index contributed by atoms with van der Waals surface area (Å²) < 4.78 is 0. The lowest BCUT2D eigenvalue weighted by molar-refractivity contribution is -0.267. The van der Waals surface area contributed by atoms with E-state index >= 15 is 0 Å². The summed E-state index contributed by atoms with van der Waals surface area (Å²) in [4.78, 5) is 14.9. The van der Waals surface area contributed by atoms with Gasteiger partial charge in [-0.05, 0) is 25.7 Å². The molecule has 4 nitrogen and oxygen atoms in total. The molecule has 22 heavy (non-hydrogen) atoms. The Balaban J connectivity index is 3.47. The zero-order valence-electron chi connectivity index (χ0n) is 14.1. The Bertz CT molecular complexity index is 276. The molecule has 130 valence electrons. The Morgan fingerprint density at radius 3 is 2.32 bits per heavy atom.